The third-order valence-corrected chi connectivity index (χ3v) is 3.29. The molecule has 4 aromatic rings. The summed E-state index contributed by atoms with van der Waals surface area (Å²) < 4.78 is 1.74. The number of aromatic amines is 1. The van der Waals surface area contributed by atoms with Crippen LogP contribution in [0.15, 0.2) is 49.1 Å². The summed E-state index contributed by atoms with van der Waals surface area (Å²) in [6.07, 6.45) is 5.24. The van der Waals surface area contributed by atoms with Crippen LogP contribution in [-0.2, 0) is 0 Å². The fourth-order valence-corrected chi connectivity index (χ4v) is 2.35. The van der Waals surface area contributed by atoms with Gasteiger partial charge in [-0.2, -0.15) is 5.10 Å². The van der Waals surface area contributed by atoms with Gasteiger partial charge in [0, 0.05) is 18.0 Å². The maximum absolute atomic E-state index is 4.56. The standard InChI is InChI=1S/C15H12N6/c1-10-19-14(15(20-10)12-4-2-3-7-16-12)11-5-6-13-17-9-18-21(13)8-11/h2-9H,1H3,(H,19,20). The maximum Gasteiger partial charge on any atom is 0.155 e. The van der Waals surface area contributed by atoms with E-state index in [1.807, 2.05) is 43.5 Å². The molecule has 21 heavy (non-hydrogen) atoms. The number of nitrogens with one attached hydrogen (secondary N) is 1. The smallest absolute Gasteiger partial charge is 0.155 e. The van der Waals surface area contributed by atoms with Gasteiger partial charge >= 0.3 is 0 Å². The lowest BCUT2D eigenvalue weighted by Crippen LogP contribution is -1.91. The van der Waals surface area contributed by atoms with Crippen LogP contribution in [0.1, 0.15) is 5.82 Å². The Morgan fingerprint density at radius 2 is 2.05 bits per heavy atom. The molecule has 6 nitrogen and oxygen atoms in total. The van der Waals surface area contributed by atoms with Gasteiger partial charge in [-0.05, 0) is 31.2 Å². The second-order valence-corrected chi connectivity index (χ2v) is 4.74. The van der Waals surface area contributed by atoms with E-state index in [2.05, 4.69) is 25.0 Å². The van der Waals surface area contributed by atoms with Crippen LogP contribution in [0.5, 0.6) is 0 Å². The molecule has 1 N–H and O–H groups in total. The van der Waals surface area contributed by atoms with Crippen LogP contribution in [-0.4, -0.2) is 29.5 Å². The van der Waals surface area contributed by atoms with Crippen molar-refractivity contribution in [1.29, 1.82) is 0 Å². The van der Waals surface area contributed by atoms with Crippen molar-refractivity contribution in [1.82, 2.24) is 29.5 Å². The lowest BCUT2D eigenvalue weighted by atomic mass is 10.1. The normalized spacial score (nSPS) is 11.1. The quantitative estimate of drug-likeness (QED) is 0.610. The third-order valence-electron chi connectivity index (χ3n) is 3.29. The summed E-state index contributed by atoms with van der Waals surface area (Å²) in [5.74, 6) is 0.851. The van der Waals surface area contributed by atoms with Crippen LogP contribution in [0.2, 0.25) is 0 Å². The molecule has 0 atom stereocenters. The molecule has 0 aliphatic rings. The minimum atomic E-state index is 0.814. The number of aryl methyl sites for hydroxylation is 1. The zero-order valence-electron chi connectivity index (χ0n) is 11.4. The Labute approximate surface area is 120 Å². The molecular formula is C15H12N6. The average Bonchev–Trinajstić information content (AvgIpc) is 3.13. The summed E-state index contributed by atoms with van der Waals surface area (Å²) in [6.45, 7) is 1.93. The number of rotatable bonds is 2. The maximum atomic E-state index is 4.56. The molecule has 0 aromatic carbocycles. The number of hydrogen-bond donors (Lipinski definition) is 1. The number of nitrogens with zero attached hydrogens (tertiary/aromatic N) is 5. The molecular weight excluding hydrogens is 264 g/mol. The Balaban J connectivity index is 1.92. The number of fused-ring (bicyclic) bond motifs is 1. The highest BCUT2D eigenvalue weighted by Crippen LogP contribution is 2.28. The molecule has 0 saturated heterocycles. The van der Waals surface area contributed by atoms with Crippen molar-refractivity contribution in [3.63, 3.8) is 0 Å². The van der Waals surface area contributed by atoms with Gasteiger partial charge in [-0.1, -0.05) is 6.07 Å². The third kappa shape index (κ3) is 1.97. The first-order valence-electron chi connectivity index (χ1n) is 6.59. The van der Waals surface area contributed by atoms with E-state index in [1.165, 1.54) is 6.33 Å². The molecule has 0 saturated carbocycles. The summed E-state index contributed by atoms with van der Waals surface area (Å²) in [5.41, 5.74) is 4.43. The van der Waals surface area contributed by atoms with E-state index in [9.17, 15) is 0 Å². The van der Waals surface area contributed by atoms with Crippen molar-refractivity contribution in [2.75, 3.05) is 0 Å². The van der Waals surface area contributed by atoms with E-state index < -0.39 is 0 Å². The molecule has 0 unspecified atom stereocenters. The van der Waals surface area contributed by atoms with Crippen LogP contribution in [0.4, 0.5) is 0 Å². The van der Waals surface area contributed by atoms with Crippen molar-refractivity contribution in [3.8, 4) is 22.6 Å². The van der Waals surface area contributed by atoms with Crippen molar-refractivity contribution in [2.24, 2.45) is 0 Å². The lowest BCUT2D eigenvalue weighted by molar-refractivity contribution is 0.961. The SMILES string of the molecule is Cc1nc(-c2ccccn2)c(-c2ccc3ncnn3c2)[nH]1. The predicted molar refractivity (Wildman–Crippen MR) is 78.5 cm³/mol. The Morgan fingerprint density at radius 3 is 2.90 bits per heavy atom. The first-order valence-corrected chi connectivity index (χ1v) is 6.59. The molecule has 6 heteroatoms. The van der Waals surface area contributed by atoms with Gasteiger partial charge in [0.1, 0.15) is 17.8 Å². The van der Waals surface area contributed by atoms with Gasteiger partial charge in [-0.3, -0.25) is 4.98 Å². The first kappa shape index (κ1) is 11.8. The molecule has 0 bridgehead atoms. The number of pyridine rings is 2. The van der Waals surface area contributed by atoms with Crippen LogP contribution in [0.25, 0.3) is 28.3 Å². The second kappa shape index (κ2) is 4.52. The molecule has 4 aromatic heterocycles. The first-order chi connectivity index (χ1) is 10.3. The van der Waals surface area contributed by atoms with E-state index >= 15 is 0 Å². The molecule has 0 aliphatic carbocycles. The largest absolute Gasteiger partial charge is 0.342 e. The van der Waals surface area contributed by atoms with Gasteiger partial charge in [-0.15, -0.1) is 0 Å². The second-order valence-electron chi connectivity index (χ2n) is 4.74. The fraction of sp³-hybridized carbons (Fsp3) is 0.0667. The Hall–Kier alpha value is -3.02. The molecule has 4 rings (SSSR count). The molecule has 0 aliphatic heterocycles. The number of hydrogen-bond acceptors (Lipinski definition) is 4. The Bertz CT molecular complexity index is 906. The van der Waals surface area contributed by atoms with Crippen LogP contribution < -0.4 is 0 Å². The summed E-state index contributed by atoms with van der Waals surface area (Å²) in [4.78, 5) is 16.4. The van der Waals surface area contributed by atoms with E-state index in [1.54, 1.807) is 10.7 Å². The van der Waals surface area contributed by atoms with E-state index in [-0.39, 0.29) is 0 Å². The van der Waals surface area contributed by atoms with Gasteiger partial charge in [0.2, 0.25) is 0 Å². The van der Waals surface area contributed by atoms with Crippen LogP contribution in [0.3, 0.4) is 0 Å². The highest BCUT2D eigenvalue weighted by atomic mass is 15.3. The van der Waals surface area contributed by atoms with Gasteiger partial charge in [-0.25, -0.2) is 14.5 Å². The lowest BCUT2D eigenvalue weighted by Gasteiger charge is -2.03. The molecule has 0 amide bonds. The van der Waals surface area contributed by atoms with E-state index in [0.29, 0.717) is 0 Å². The van der Waals surface area contributed by atoms with E-state index in [4.69, 9.17) is 0 Å². The molecule has 102 valence electrons. The molecule has 0 spiro atoms. The fourth-order valence-electron chi connectivity index (χ4n) is 2.35. The van der Waals surface area contributed by atoms with Crippen molar-refractivity contribution in [3.05, 3.63) is 54.9 Å². The summed E-state index contributed by atoms with van der Waals surface area (Å²) >= 11 is 0. The van der Waals surface area contributed by atoms with Crippen LogP contribution in [0, 0.1) is 6.92 Å². The van der Waals surface area contributed by atoms with E-state index in [0.717, 1.165) is 34.1 Å². The Kier molecular flexibility index (Phi) is 2.53. The zero-order chi connectivity index (χ0) is 14.2. The summed E-state index contributed by atoms with van der Waals surface area (Å²) in [6, 6.07) is 9.73. The molecule has 4 heterocycles. The van der Waals surface area contributed by atoms with Gasteiger partial charge in [0.15, 0.2) is 5.65 Å². The molecule has 0 fully saturated rings. The summed E-state index contributed by atoms with van der Waals surface area (Å²) in [5, 5.41) is 4.17. The van der Waals surface area contributed by atoms with Gasteiger partial charge in [0.05, 0.1) is 11.4 Å². The number of H-pyrrole nitrogens is 1. The highest BCUT2D eigenvalue weighted by molar-refractivity contribution is 5.76. The minimum Gasteiger partial charge on any atom is -0.342 e. The summed E-state index contributed by atoms with van der Waals surface area (Å²) in [7, 11) is 0. The van der Waals surface area contributed by atoms with Gasteiger partial charge in [0.25, 0.3) is 0 Å². The Morgan fingerprint density at radius 1 is 1.10 bits per heavy atom. The minimum absolute atomic E-state index is 0.814. The monoisotopic (exact) mass is 276 g/mol. The average molecular weight is 276 g/mol. The van der Waals surface area contributed by atoms with Crippen molar-refractivity contribution in [2.45, 2.75) is 6.92 Å². The predicted octanol–water partition coefficient (Wildman–Crippen LogP) is 2.49. The van der Waals surface area contributed by atoms with Crippen molar-refractivity contribution >= 4 is 5.65 Å². The number of imidazole rings is 1. The highest BCUT2D eigenvalue weighted by Gasteiger charge is 2.14. The zero-order valence-corrected chi connectivity index (χ0v) is 11.4. The molecule has 0 radical (unpaired) electrons. The number of aromatic nitrogens is 6. The van der Waals surface area contributed by atoms with Gasteiger partial charge < -0.3 is 4.98 Å². The topological polar surface area (TPSA) is 71.8 Å². The van der Waals surface area contributed by atoms with Crippen molar-refractivity contribution < 1.29 is 0 Å². The van der Waals surface area contributed by atoms with Crippen LogP contribution >= 0.6 is 0 Å².